The van der Waals surface area contributed by atoms with Crippen molar-refractivity contribution in [1.82, 2.24) is 0 Å². The highest BCUT2D eigenvalue weighted by Gasteiger charge is 2.55. The third-order valence-corrected chi connectivity index (χ3v) is 17.9. The van der Waals surface area contributed by atoms with E-state index in [1.54, 1.807) is 0 Å². The summed E-state index contributed by atoms with van der Waals surface area (Å²) in [6.45, 7) is 0. The molecule has 356 valence electrons. The van der Waals surface area contributed by atoms with Gasteiger partial charge in [-0.05, 0) is 149 Å². The standard InChI is InChI=1S/C75H51N/c1-4-23-50(24-5-1)73(64-36-16-10-29-56(64)57-30-11-17-37-65(57)73)53-43-45-54(46-44-53)76(55-47-48-62-60-33-12-18-38-66(60)74(70(62)49-55,51-25-6-2-7-26-51)52-27-8-3-9-28-52)71-42-22-35-63-61-34-15-21-41-69(61)75(72(63)71)67-39-19-13-31-58(67)59-32-14-20-40-68(59)75/h1-19,21-39,41-49H,20,40H2. The molecule has 11 aromatic carbocycles. The minimum Gasteiger partial charge on any atom is -0.310 e. The first kappa shape index (κ1) is 43.1. The molecule has 1 nitrogen and oxygen atoms in total. The summed E-state index contributed by atoms with van der Waals surface area (Å²) < 4.78 is 0. The van der Waals surface area contributed by atoms with Crippen molar-refractivity contribution in [2.45, 2.75) is 29.1 Å². The lowest BCUT2D eigenvalue weighted by molar-refractivity contribution is 0.714. The molecular formula is C75H51N. The number of benzene rings is 11. The fourth-order valence-electron chi connectivity index (χ4n) is 15.2. The summed E-state index contributed by atoms with van der Waals surface area (Å²) in [4.78, 5) is 2.62. The third-order valence-electron chi connectivity index (χ3n) is 17.9. The Hall–Kier alpha value is -9.30. The minimum absolute atomic E-state index is 0.489. The second-order valence-corrected chi connectivity index (χ2v) is 21.2. The predicted octanol–water partition coefficient (Wildman–Crippen LogP) is 18.3. The summed E-state index contributed by atoms with van der Waals surface area (Å²) in [6, 6.07) is 104. The number of rotatable bonds is 7. The molecule has 1 atom stereocenters. The zero-order valence-electron chi connectivity index (χ0n) is 42.0. The van der Waals surface area contributed by atoms with E-state index in [1.165, 1.54) is 117 Å². The Kier molecular flexibility index (Phi) is 9.28. The van der Waals surface area contributed by atoms with Crippen molar-refractivity contribution in [3.05, 3.63) is 357 Å². The van der Waals surface area contributed by atoms with Crippen LogP contribution in [0.5, 0.6) is 0 Å². The summed E-state index contributed by atoms with van der Waals surface area (Å²) in [6.07, 6.45) is 6.81. The molecule has 0 amide bonds. The molecule has 1 heteroatoms. The predicted molar refractivity (Wildman–Crippen MR) is 313 cm³/mol. The van der Waals surface area contributed by atoms with Gasteiger partial charge in [-0.25, -0.2) is 0 Å². The monoisotopic (exact) mass is 965 g/mol. The van der Waals surface area contributed by atoms with Gasteiger partial charge in [0.2, 0.25) is 0 Å². The quantitative estimate of drug-likeness (QED) is 0.154. The molecule has 16 rings (SSSR count). The van der Waals surface area contributed by atoms with Crippen molar-refractivity contribution in [2.24, 2.45) is 0 Å². The number of hydrogen-bond donors (Lipinski definition) is 0. The van der Waals surface area contributed by atoms with Crippen molar-refractivity contribution in [3.8, 4) is 33.4 Å². The van der Waals surface area contributed by atoms with Crippen LogP contribution in [0.3, 0.4) is 0 Å². The molecule has 0 radical (unpaired) electrons. The second-order valence-electron chi connectivity index (χ2n) is 21.2. The number of fused-ring (bicyclic) bond motifs is 15. The van der Waals surface area contributed by atoms with Gasteiger partial charge in [0.05, 0.1) is 21.9 Å². The average molecular weight is 966 g/mol. The van der Waals surface area contributed by atoms with E-state index in [4.69, 9.17) is 0 Å². The van der Waals surface area contributed by atoms with E-state index >= 15 is 0 Å². The van der Waals surface area contributed by atoms with Crippen LogP contribution < -0.4 is 4.90 Å². The molecular weight excluding hydrogens is 915 g/mol. The highest BCUT2D eigenvalue weighted by atomic mass is 15.1. The van der Waals surface area contributed by atoms with Gasteiger partial charge < -0.3 is 4.90 Å². The van der Waals surface area contributed by atoms with Crippen LogP contribution in [0.1, 0.15) is 79.6 Å². The zero-order valence-corrected chi connectivity index (χ0v) is 42.0. The van der Waals surface area contributed by atoms with Gasteiger partial charge in [0, 0.05) is 16.9 Å². The van der Waals surface area contributed by atoms with E-state index in [9.17, 15) is 0 Å². The average Bonchev–Trinajstić information content (AvgIpc) is 4.39. The van der Waals surface area contributed by atoms with Crippen molar-refractivity contribution in [2.75, 3.05) is 4.90 Å². The van der Waals surface area contributed by atoms with E-state index in [-0.39, 0.29) is 0 Å². The lowest BCUT2D eigenvalue weighted by atomic mass is 9.67. The number of nitrogens with zero attached hydrogens (tertiary/aromatic N) is 1. The highest BCUT2D eigenvalue weighted by Crippen LogP contribution is 2.67. The van der Waals surface area contributed by atoms with Gasteiger partial charge >= 0.3 is 0 Å². The molecule has 0 fully saturated rings. The van der Waals surface area contributed by atoms with Gasteiger partial charge in [0.1, 0.15) is 0 Å². The van der Waals surface area contributed by atoms with Crippen LogP contribution in [0.4, 0.5) is 17.1 Å². The van der Waals surface area contributed by atoms with Crippen LogP contribution in [0.25, 0.3) is 39.0 Å². The van der Waals surface area contributed by atoms with Crippen LogP contribution >= 0.6 is 0 Å². The number of anilines is 3. The van der Waals surface area contributed by atoms with Gasteiger partial charge in [-0.3, -0.25) is 0 Å². The molecule has 1 spiro atoms. The fraction of sp³-hybridized carbons (Fsp3) is 0.0667. The molecule has 0 heterocycles. The topological polar surface area (TPSA) is 3.24 Å². The maximum atomic E-state index is 2.62. The lowest BCUT2D eigenvalue weighted by Gasteiger charge is -2.38. The minimum atomic E-state index is -0.570. The molecule has 0 aromatic heterocycles. The summed E-state index contributed by atoms with van der Waals surface area (Å²) >= 11 is 0. The van der Waals surface area contributed by atoms with Crippen molar-refractivity contribution in [3.63, 3.8) is 0 Å². The van der Waals surface area contributed by atoms with Gasteiger partial charge in [-0.2, -0.15) is 0 Å². The summed E-state index contributed by atoms with van der Waals surface area (Å²) in [5.74, 6) is 0. The number of allylic oxidation sites excluding steroid dienone is 4. The molecule has 0 bridgehead atoms. The molecule has 0 N–H and O–H groups in total. The Balaban J connectivity index is 0.993. The first-order valence-electron chi connectivity index (χ1n) is 27.0. The molecule has 0 aliphatic heterocycles. The maximum absolute atomic E-state index is 2.62. The van der Waals surface area contributed by atoms with Gasteiger partial charge in [-0.1, -0.05) is 255 Å². The first-order valence-corrected chi connectivity index (χ1v) is 27.0. The van der Waals surface area contributed by atoms with Gasteiger partial charge in [0.15, 0.2) is 0 Å². The molecule has 0 saturated carbocycles. The van der Waals surface area contributed by atoms with E-state index < -0.39 is 16.2 Å². The normalized spacial score (nSPS) is 17.0. The van der Waals surface area contributed by atoms with Crippen LogP contribution in [-0.2, 0) is 16.2 Å². The van der Waals surface area contributed by atoms with E-state index in [0.29, 0.717) is 0 Å². The molecule has 5 aliphatic carbocycles. The SMILES string of the molecule is C1=CC2=C(CC1)C1(c3ccccc32)c2ccccc2-c2cccc(N(c3ccc(C4(c5ccccc5)c5ccccc5-c5ccccc54)cc3)c3ccc4c(c3)C(c3ccccc3)(c3ccccc3)c3ccccc3-4)c21. The summed E-state index contributed by atoms with van der Waals surface area (Å²) in [5, 5.41) is 0. The second kappa shape index (κ2) is 16.3. The smallest absolute Gasteiger partial charge is 0.0714 e. The van der Waals surface area contributed by atoms with E-state index in [2.05, 4.69) is 290 Å². The molecule has 1 unspecified atom stereocenters. The lowest BCUT2D eigenvalue weighted by Crippen LogP contribution is -2.30. The largest absolute Gasteiger partial charge is 0.310 e. The molecule has 0 saturated heterocycles. The van der Waals surface area contributed by atoms with E-state index in [0.717, 1.165) is 24.2 Å². The Labute approximate surface area is 445 Å². The van der Waals surface area contributed by atoms with Crippen molar-refractivity contribution in [1.29, 1.82) is 0 Å². The zero-order chi connectivity index (χ0) is 50.0. The Morgan fingerprint density at radius 1 is 0.289 bits per heavy atom. The Morgan fingerprint density at radius 3 is 1.22 bits per heavy atom. The maximum Gasteiger partial charge on any atom is 0.0714 e. The van der Waals surface area contributed by atoms with Gasteiger partial charge in [0.25, 0.3) is 0 Å². The van der Waals surface area contributed by atoms with Gasteiger partial charge in [-0.15, -0.1) is 0 Å². The fourth-order valence-corrected chi connectivity index (χ4v) is 15.2. The van der Waals surface area contributed by atoms with E-state index in [1.807, 2.05) is 0 Å². The Bertz CT molecular complexity index is 4130. The van der Waals surface area contributed by atoms with Crippen molar-refractivity contribution >= 4 is 22.6 Å². The third kappa shape index (κ3) is 5.54. The molecule has 5 aliphatic rings. The van der Waals surface area contributed by atoms with Crippen LogP contribution in [0.2, 0.25) is 0 Å². The Morgan fingerprint density at radius 2 is 0.684 bits per heavy atom. The first-order chi connectivity index (χ1) is 37.7. The van der Waals surface area contributed by atoms with Crippen LogP contribution in [-0.4, -0.2) is 0 Å². The summed E-state index contributed by atoms with van der Waals surface area (Å²) in [5.41, 5.74) is 28.1. The van der Waals surface area contributed by atoms with Crippen molar-refractivity contribution < 1.29 is 0 Å². The molecule has 76 heavy (non-hydrogen) atoms. The summed E-state index contributed by atoms with van der Waals surface area (Å²) in [7, 11) is 0. The molecule has 11 aromatic rings. The van der Waals surface area contributed by atoms with Crippen LogP contribution in [0.15, 0.2) is 291 Å². The number of hydrogen-bond acceptors (Lipinski definition) is 1. The van der Waals surface area contributed by atoms with Crippen LogP contribution in [0, 0.1) is 0 Å². The highest BCUT2D eigenvalue weighted by molar-refractivity contribution is 6.01.